The molecular formula is C26H18Cl2N2O5S. The van der Waals surface area contributed by atoms with E-state index in [2.05, 4.69) is 4.98 Å². The van der Waals surface area contributed by atoms with Crippen LogP contribution in [0.3, 0.4) is 0 Å². The monoisotopic (exact) mass is 540 g/mol. The molecule has 1 fully saturated rings. The van der Waals surface area contributed by atoms with Crippen LogP contribution in [0.15, 0.2) is 66.2 Å². The van der Waals surface area contributed by atoms with Crippen LogP contribution < -0.4 is 14.4 Å². The minimum Gasteiger partial charge on any atom is -0.507 e. The number of aliphatic hydroxyl groups excluding tert-OH is 1. The van der Waals surface area contributed by atoms with Crippen LogP contribution in [0.1, 0.15) is 17.2 Å². The number of ether oxygens (including phenoxy) is 2. The van der Waals surface area contributed by atoms with E-state index in [1.807, 2.05) is 0 Å². The fourth-order valence-corrected chi connectivity index (χ4v) is 5.38. The standard InChI is InChI=1S/C26H18Cl2N2O5S/c1-34-15-6-3-13(4-7-15)23(31)21-22(14-5-9-17(27)18(28)11-14)30(25(33)24(21)32)26-29-19-10-8-16(35-2)12-20(19)36-26/h3-12,22,31H,1-2H3/b23-21+/t22-/m1/s1. The molecule has 1 atom stereocenters. The van der Waals surface area contributed by atoms with E-state index >= 15 is 0 Å². The third-order valence-corrected chi connectivity index (χ3v) is 7.61. The Hall–Kier alpha value is -3.59. The zero-order valence-corrected chi connectivity index (χ0v) is 21.3. The molecule has 5 rings (SSSR count). The third-order valence-electron chi connectivity index (χ3n) is 5.86. The SMILES string of the molecule is COc1ccc(/C(O)=C2\C(=O)C(=O)N(c3nc4ccc(OC)cc4s3)[C@@H]2c2ccc(Cl)c(Cl)c2)cc1. The first kappa shape index (κ1) is 24.1. The average molecular weight is 541 g/mol. The summed E-state index contributed by atoms with van der Waals surface area (Å²) in [6.07, 6.45) is 0. The van der Waals surface area contributed by atoms with Gasteiger partial charge in [0.05, 0.1) is 46.1 Å². The minimum atomic E-state index is -0.982. The predicted molar refractivity (Wildman–Crippen MR) is 140 cm³/mol. The molecular weight excluding hydrogens is 523 g/mol. The van der Waals surface area contributed by atoms with E-state index in [0.717, 1.165) is 4.70 Å². The third kappa shape index (κ3) is 4.07. The van der Waals surface area contributed by atoms with Crippen molar-refractivity contribution in [3.8, 4) is 11.5 Å². The van der Waals surface area contributed by atoms with Gasteiger partial charge < -0.3 is 14.6 Å². The zero-order valence-electron chi connectivity index (χ0n) is 19.0. The quantitative estimate of drug-likeness (QED) is 0.183. The van der Waals surface area contributed by atoms with Crippen molar-refractivity contribution in [2.24, 2.45) is 0 Å². The molecule has 0 unspecified atom stereocenters. The van der Waals surface area contributed by atoms with Gasteiger partial charge in [-0.15, -0.1) is 0 Å². The molecule has 0 spiro atoms. The molecule has 2 heterocycles. The summed E-state index contributed by atoms with van der Waals surface area (Å²) in [5.41, 5.74) is 1.41. The number of ketones is 1. The zero-order chi connectivity index (χ0) is 25.6. The van der Waals surface area contributed by atoms with Crippen LogP contribution in [-0.2, 0) is 9.59 Å². The summed E-state index contributed by atoms with van der Waals surface area (Å²) in [5, 5.41) is 12.1. The number of amides is 1. The highest BCUT2D eigenvalue weighted by Crippen LogP contribution is 2.45. The number of anilines is 1. The number of methoxy groups -OCH3 is 2. The van der Waals surface area contributed by atoms with E-state index in [-0.39, 0.29) is 16.4 Å². The van der Waals surface area contributed by atoms with Crippen molar-refractivity contribution in [3.63, 3.8) is 0 Å². The van der Waals surface area contributed by atoms with Crippen LogP contribution in [0.5, 0.6) is 11.5 Å². The van der Waals surface area contributed by atoms with Gasteiger partial charge in [0.25, 0.3) is 5.78 Å². The number of halogens is 2. The Morgan fingerprint density at radius 2 is 1.64 bits per heavy atom. The number of carbonyl (C=O) groups is 2. The Bertz CT molecular complexity index is 1550. The molecule has 0 aliphatic carbocycles. The van der Waals surface area contributed by atoms with Crippen LogP contribution in [0.4, 0.5) is 5.13 Å². The summed E-state index contributed by atoms with van der Waals surface area (Å²) in [6, 6.07) is 15.7. The predicted octanol–water partition coefficient (Wildman–Crippen LogP) is 6.25. The molecule has 4 aromatic rings. The molecule has 1 aromatic heterocycles. The van der Waals surface area contributed by atoms with Gasteiger partial charge in [0.1, 0.15) is 17.3 Å². The lowest BCUT2D eigenvalue weighted by Gasteiger charge is -2.23. The van der Waals surface area contributed by atoms with Gasteiger partial charge in [0.2, 0.25) is 0 Å². The largest absolute Gasteiger partial charge is 0.507 e. The van der Waals surface area contributed by atoms with Gasteiger partial charge in [-0.1, -0.05) is 40.6 Å². The second-order valence-electron chi connectivity index (χ2n) is 7.90. The molecule has 182 valence electrons. The van der Waals surface area contributed by atoms with E-state index in [4.69, 9.17) is 32.7 Å². The summed E-state index contributed by atoms with van der Waals surface area (Å²) in [6.45, 7) is 0. The number of carbonyl (C=O) groups excluding carboxylic acids is 2. The minimum absolute atomic E-state index is 0.0830. The first-order chi connectivity index (χ1) is 17.3. The molecule has 36 heavy (non-hydrogen) atoms. The number of fused-ring (bicyclic) bond motifs is 1. The number of hydrogen-bond donors (Lipinski definition) is 1. The average Bonchev–Trinajstić information content (AvgIpc) is 3.42. The first-order valence-electron chi connectivity index (χ1n) is 10.7. The van der Waals surface area contributed by atoms with Crippen molar-refractivity contribution in [2.45, 2.75) is 6.04 Å². The highest BCUT2D eigenvalue weighted by molar-refractivity contribution is 7.22. The van der Waals surface area contributed by atoms with E-state index < -0.39 is 17.7 Å². The molecule has 0 radical (unpaired) electrons. The summed E-state index contributed by atoms with van der Waals surface area (Å²) in [5.74, 6) is -0.751. The number of rotatable bonds is 5. The van der Waals surface area contributed by atoms with E-state index in [1.165, 1.54) is 23.3 Å². The number of hydrogen-bond acceptors (Lipinski definition) is 7. The fraction of sp³-hybridized carbons (Fsp3) is 0.115. The summed E-state index contributed by atoms with van der Waals surface area (Å²) in [7, 11) is 3.09. The van der Waals surface area contributed by atoms with Crippen LogP contribution in [0.2, 0.25) is 10.0 Å². The van der Waals surface area contributed by atoms with Crippen LogP contribution in [0, 0.1) is 0 Å². The van der Waals surface area contributed by atoms with Gasteiger partial charge in [-0.25, -0.2) is 4.98 Å². The highest BCUT2D eigenvalue weighted by Gasteiger charge is 2.48. The Labute approximate surface area is 220 Å². The molecule has 1 N–H and O–H groups in total. The van der Waals surface area contributed by atoms with Gasteiger partial charge in [0, 0.05) is 5.56 Å². The van der Waals surface area contributed by atoms with Crippen molar-refractivity contribution in [2.75, 3.05) is 19.1 Å². The molecule has 1 aliphatic rings. The van der Waals surface area contributed by atoms with Gasteiger partial charge in [-0.3, -0.25) is 14.5 Å². The van der Waals surface area contributed by atoms with Gasteiger partial charge in [-0.05, 0) is 60.2 Å². The molecule has 1 saturated heterocycles. The molecule has 3 aromatic carbocycles. The molecule has 1 aliphatic heterocycles. The summed E-state index contributed by atoms with van der Waals surface area (Å²) in [4.78, 5) is 32.6. The first-order valence-corrected chi connectivity index (χ1v) is 12.2. The maximum Gasteiger partial charge on any atom is 0.301 e. The maximum atomic E-state index is 13.4. The number of nitrogens with zero attached hydrogens (tertiary/aromatic N) is 2. The van der Waals surface area contributed by atoms with Crippen LogP contribution >= 0.6 is 34.5 Å². The smallest absolute Gasteiger partial charge is 0.301 e. The second-order valence-corrected chi connectivity index (χ2v) is 9.72. The lowest BCUT2D eigenvalue weighted by Crippen LogP contribution is -2.29. The van der Waals surface area contributed by atoms with Crippen molar-refractivity contribution in [1.29, 1.82) is 0 Å². The maximum absolute atomic E-state index is 13.4. The van der Waals surface area contributed by atoms with Gasteiger partial charge in [-0.2, -0.15) is 0 Å². The molecule has 0 bridgehead atoms. The Morgan fingerprint density at radius 1 is 0.944 bits per heavy atom. The van der Waals surface area contributed by atoms with Crippen molar-refractivity contribution >= 4 is 67.3 Å². The van der Waals surface area contributed by atoms with Crippen molar-refractivity contribution < 1.29 is 24.2 Å². The van der Waals surface area contributed by atoms with Crippen LogP contribution in [-0.4, -0.2) is 36.0 Å². The molecule has 7 nitrogen and oxygen atoms in total. The topological polar surface area (TPSA) is 89.0 Å². The number of aromatic nitrogens is 1. The van der Waals surface area contributed by atoms with E-state index in [0.29, 0.717) is 38.3 Å². The van der Waals surface area contributed by atoms with E-state index in [1.54, 1.807) is 67.8 Å². The van der Waals surface area contributed by atoms with Gasteiger partial charge in [0.15, 0.2) is 5.13 Å². The Kier molecular flexibility index (Phi) is 6.34. The lowest BCUT2D eigenvalue weighted by molar-refractivity contribution is -0.132. The Morgan fingerprint density at radius 3 is 2.31 bits per heavy atom. The van der Waals surface area contributed by atoms with Crippen molar-refractivity contribution in [3.05, 3.63) is 87.4 Å². The molecule has 0 saturated carbocycles. The summed E-state index contributed by atoms with van der Waals surface area (Å²) >= 11 is 13.7. The second kappa shape index (κ2) is 9.46. The van der Waals surface area contributed by atoms with Crippen LogP contribution in [0.25, 0.3) is 16.0 Å². The van der Waals surface area contributed by atoms with Gasteiger partial charge >= 0.3 is 5.91 Å². The number of Topliss-reactive ketones (excluding diaryl/α,β-unsaturated/α-hetero) is 1. The Balaban J connectivity index is 1.71. The fourth-order valence-electron chi connectivity index (χ4n) is 4.05. The number of thiazole rings is 1. The lowest BCUT2D eigenvalue weighted by atomic mass is 9.95. The molecule has 10 heteroatoms. The highest BCUT2D eigenvalue weighted by atomic mass is 35.5. The van der Waals surface area contributed by atoms with Crippen molar-refractivity contribution in [1.82, 2.24) is 4.98 Å². The van der Waals surface area contributed by atoms with E-state index in [9.17, 15) is 14.7 Å². The normalized spacial score (nSPS) is 17.1. The summed E-state index contributed by atoms with van der Waals surface area (Å²) < 4.78 is 11.2. The molecule has 1 amide bonds. The number of benzene rings is 3. The number of aliphatic hydroxyl groups is 1.